The summed E-state index contributed by atoms with van der Waals surface area (Å²) >= 11 is 0. The Morgan fingerprint density at radius 1 is 1.12 bits per heavy atom. The molecule has 10 nitrogen and oxygen atoms in total. The van der Waals surface area contributed by atoms with Crippen LogP contribution in [-0.4, -0.2) is 84.9 Å². The molecule has 1 aromatic heterocycles. The summed E-state index contributed by atoms with van der Waals surface area (Å²) in [5.74, 6) is 1.53. The number of β-amino-alcohol motifs (C(OH)–C–C–N with tert-alkyl or cyclic N) is 1. The highest BCUT2D eigenvalue weighted by Crippen LogP contribution is 2.35. The van der Waals surface area contributed by atoms with Crippen molar-refractivity contribution >= 4 is 11.8 Å². The minimum absolute atomic E-state index is 0.0126. The molecule has 2 aromatic carbocycles. The van der Waals surface area contributed by atoms with Gasteiger partial charge in [-0.3, -0.25) is 0 Å². The van der Waals surface area contributed by atoms with E-state index in [4.69, 9.17) is 18.9 Å². The van der Waals surface area contributed by atoms with E-state index in [1.807, 2.05) is 48.5 Å². The second-order valence-electron chi connectivity index (χ2n) is 9.95. The highest BCUT2D eigenvalue weighted by atomic mass is 16.5. The SMILES string of the molecule is COCCCN1CCOc2ccc(COC3CN(C(=O)O)CC(O)C3c3ccc(Oc4ccccn4)cc3)cc21. The van der Waals surface area contributed by atoms with E-state index in [1.165, 1.54) is 4.90 Å². The standard InChI is InChI=1S/C30H35N3O7/c1-37-15-4-13-32-14-16-38-26-11-6-21(17-24(26)32)20-39-27-19-33(30(35)36)18-25(34)29(27)22-7-9-23(10-8-22)40-28-5-2-3-12-31-28/h2-3,5-12,17,25,27,29,34H,4,13-16,18-20H2,1H3,(H,35,36). The van der Waals surface area contributed by atoms with Gasteiger partial charge < -0.3 is 39.0 Å². The van der Waals surface area contributed by atoms with Crippen molar-refractivity contribution in [1.82, 2.24) is 9.88 Å². The van der Waals surface area contributed by atoms with Crippen LogP contribution in [0.25, 0.3) is 0 Å². The number of hydrogen-bond donors (Lipinski definition) is 2. The van der Waals surface area contributed by atoms with Crippen LogP contribution in [0.5, 0.6) is 17.4 Å². The maximum Gasteiger partial charge on any atom is 0.407 e. The Balaban J connectivity index is 1.31. The molecule has 3 aromatic rings. The number of fused-ring (bicyclic) bond motifs is 1. The van der Waals surface area contributed by atoms with Gasteiger partial charge in [0.15, 0.2) is 0 Å². The summed E-state index contributed by atoms with van der Waals surface area (Å²) in [6.07, 6.45) is 0.0165. The first-order chi connectivity index (χ1) is 19.5. The van der Waals surface area contributed by atoms with Crippen molar-refractivity contribution in [2.75, 3.05) is 51.4 Å². The number of likely N-dealkylation sites (tertiary alicyclic amines) is 1. The number of benzene rings is 2. The number of carboxylic acid groups (broad SMARTS) is 1. The van der Waals surface area contributed by atoms with Crippen molar-refractivity contribution in [3.05, 3.63) is 78.0 Å². The van der Waals surface area contributed by atoms with Gasteiger partial charge in [0.25, 0.3) is 0 Å². The lowest BCUT2D eigenvalue weighted by Gasteiger charge is -2.40. The van der Waals surface area contributed by atoms with Crippen LogP contribution in [0.2, 0.25) is 0 Å². The highest BCUT2D eigenvalue weighted by molar-refractivity contribution is 5.65. The third kappa shape index (κ3) is 6.64. The van der Waals surface area contributed by atoms with Crippen LogP contribution < -0.4 is 14.4 Å². The third-order valence-corrected chi connectivity index (χ3v) is 7.24. The molecule has 3 atom stereocenters. The lowest BCUT2D eigenvalue weighted by atomic mass is 9.84. The van der Waals surface area contributed by atoms with Crippen LogP contribution in [-0.2, 0) is 16.1 Å². The first-order valence-electron chi connectivity index (χ1n) is 13.5. The second-order valence-corrected chi connectivity index (χ2v) is 9.95. The fourth-order valence-electron chi connectivity index (χ4n) is 5.27. The average molecular weight is 550 g/mol. The number of pyridine rings is 1. The summed E-state index contributed by atoms with van der Waals surface area (Å²) in [4.78, 5) is 19.5. The molecule has 2 aliphatic rings. The van der Waals surface area contributed by atoms with Crippen LogP contribution >= 0.6 is 0 Å². The number of nitrogens with zero attached hydrogens (tertiary/aromatic N) is 3. The van der Waals surface area contributed by atoms with E-state index in [0.29, 0.717) is 24.8 Å². The van der Waals surface area contributed by atoms with Gasteiger partial charge in [0.05, 0.1) is 44.1 Å². The summed E-state index contributed by atoms with van der Waals surface area (Å²) in [5.41, 5.74) is 2.80. The first-order valence-corrected chi connectivity index (χ1v) is 13.5. The third-order valence-electron chi connectivity index (χ3n) is 7.24. The fourth-order valence-corrected chi connectivity index (χ4v) is 5.27. The Kier molecular flexibility index (Phi) is 9.00. The number of hydrogen-bond acceptors (Lipinski definition) is 8. The van der Waals surface area contributed by atoms with Crippen LogP contribution in [0.4, 0.5) is 10.5 Å². The molecule has 2 N–H and O–H groups in total. The van der Waals surface area contributed by atoms with Crippen LogP contribution in [0.15, 0.2) is 66.9 Å². The summed E-state index contributed by atoms with van der Waals surface area (Å²) < 4.78 is 23.2. The molecule has 1 amide bonds. The molecule has 10 heteroatoms. The molecule has 0 aliphatic carbocycles. The van der Waals surface area contributed by atoms with Crippen molar-refractivity contribution in [1.29, 1.82) is 0 Å². The van der Waals surface area contributed by atoms with Crippen molar-refractivity contribution < 1.29 is 34.0 Å². The number of aliphatic hydroxyl groups excluding tert-OH is 1. The molecule has 2 aliphatic heterocycles. The predicted octanol–water partition coefficient (Wildman–Crippen LogP) is 4.13. The Morgan fingerprint density at radius 3 is 2.73 bits per heavy atom. The number of ether oxygens (including phenoxy) is 4. The quantitative estimate of drug-likeness (QED) is 0.360. The number of aromatic nitrogens is 1. The molecule has 0 bridgehead atoms. The topological polar surface area (TPSA) is 114 Å². The molecular formula is C30H35N3O7. The smallest absolute Gasteiger partial charge is 0.407 e. The van der Waals surface area contributed by atoms with E-state index < -0.39 is 24.2 Å². The van der Waals surface area contributed by atoms with Crippen molar-refractivity contribution in [3.8, 4) is 17.4 Å². The normalized spacial score (nSPS) is 20.5. The van der Waals surface area contributed by atoms with E-state index >= 15 is 0 Å². The van der Waals surface area contributed by atoms with Crippen LogP contribution in [0.3, 0.4) is 0 Å². The minimum atomic E-state index is -1.08. The van der Waals surface area contributed by atoms with E-state index in [1.54, 1.807) is 19.4 Å². The number of methoxy groups -OCH3 is 1. The molecule has 0 radical (unpaired) electrons. The number of carbonyl (C=O) groups is 1. The lowest BCUT2D eigenvalue weighted by Crippen LogP contribution is -2.53. The largest absolute Gasteiger partial charge is 0.490 e. The zero-order valence-corrected chi connectivity index (χ0v) is 22.5. The number of aliphatic hydroxyl groups is 1. The van der Waals surface area contributed by atoms with Gasteiger partial charge in [0.1, 0.15) is 18.1 Å². The van der Waals surface area contributed by atoms with Gasteiger partial charge >= 0.3 is 6.09 Å². The summed E-state index contributed by atoms with van der Waals surface area (Å²) in [7, 11) is 1.70. The zero-order valence-electron chi connectivity index (χ0n) is 22.5. The predicted molar refractivity (Wildman–Crippen MR) is 148 cm³/mol. The Labute approximate surface area is 233 Å². The van der Waals surface area contributed by atoms with Crippen LogP contribution in [0, 0.1) is 0 Å². The van der Waals surface area contributed by atoms with Crippen molar-refractivity contribution in [3.63, 3.8) is 0 Å². The minimum Gasteiger partial charge on any atom is -0.490 e. The molecule has 5 rings (SSSR count). The number of rotatable bonds is 10. The first kappa shape index (κ1) is 27.7. The van der Waals surface area contributed by atoms with E-state index in [2.05, 4.69) is 16.0 Å². The van der Waals surface area contributed by atoms with Gasteiger partial charge in [-0.2, -0.15) is 0 Å². The second kappa shape index (κ2) is 13.0. The number of amides is 1. The lowest BCUT2D eigenvalue weighted by molar-refractivity contribution is -0.0660. The molecule has 1 saturated heterocycles. The van der Waals surface area contributed by atoms with Crippen molar-refractivity contribution in [2.45, 2.75) is 31.2 Å². The van der Waals surface area contributed by atoms with Gasteiger partial charge in [-0.25, -0.2) is 9.78 Å². The molecule has 3 unspecified atom stereocenters. The average Bonchev–Trinajstić information content (AvgIpc) is 2.97. The van der Waals surface area contributed by atoms with Gasteiger partial charge in [-0.05, 0) is 47.9 Å². The van der Waals surface area contributed by atoms with Gasteiger partial charge in [-0.1, -0.05) is 24.3 Å². The molecule has 0 spiro atoms. The van der Waals surface area contributed by atoms with Gasteiger partial charge in [-0.15, -0.1) is 0 Å². The number of piperidine rings is 1. The fraction of sp³-hybridized carbons (Fsp3) is 0.400. The maximum absolute atomic E-state index is 11.8. The van der Waals surface area contributed by atoms with Crippen LogP contribution in [0.1, 0.15) is 23.5 Å². The summed E-state index contributed by atoms with van der Waals surface area (Å²) in [6, 6.07) is 18.8. The highest BCUT2D eigenvalue weighted by Gasteiger charge is 2.39. The van der Waals surface area contributed by atoms with E-state index in [9.17, 15) is 15.0 Å². The van der Waals surface area contributed by atoms with Crippen molar-refractivity contribution in [2.24, 2.45) is 0 Å². The molecule has 3 heterocycles. The zero-order chi connectivity index (χ0) is 27.9. The Hall–Kier alpha value is -3.86. The van der Waals surface area contributed by atoms with Gasteiger partial charge in [0, 0.05) is 38.4 Å². The van der Waals surface area contributed by atoms with E-state index in [0.717, 1.165) is 42.1 Å². The maximum atomic E-state index is 11.8. The van der Waals surface area contributed by atoms with Gasteiger partial charge in [0.2, 0.25) is 5.88 Å². The molecule has 40 heavy (non-hydrogen) atoms. The monoisotopic (exact) mass is 549 g/mol. The summed E-state index contributed by atoms with van der Waals surface area (Å²) in [5, 5.41) is 20.7. The molecular weight excluding hydrogens is 514 g/mol. The molecule has 0 saturated carbocycles. The Morgan fingerprint density at radius 2 is 1.98 bits per heavy atom. The van der Waals surface area contributed by atoms with E-state index in [-0.39, 0.29) is 19.7 Å². The summed E-state index contributed by atoms with van der Waals surface area (Å²) in [6.45, 7) is 3.41. The Bertz CT molecular complexity index is 1260. The molecule has 1 fully saturated rings. The number of anilines is 1. The molecule has 212 valence electrons.